The first-order chi connectivity index (χ1) is 16.6. The number of hydrogen-bond donors (Lipinski definition) is 1. The number of carbonyl (C=O) groups excluding carboxylic acids is 1. The molecule has 0 fully saturated rings. The van der Waals surface area contributed by atoms with Gasteiger partial charge in [-0.25, -0.2) is 5.43 Å². The number of halogens is 1. The van der Waals surface area contributed by atoms with Crippen molar-refractivity contribution in [1.29, 1.82) is 0 Å². The molecule has 0 aliphatic carbocycles. The molecule has 0 spiro atoms. The molecule has 8 nitrogen and oxygen atoms in total. The van der Waals surface area contributed by atoms with E-state index in [9.17, 15) is 13.2 Å². The van der Waals surface area contributed by atoms with Gasteiger partial charge in [0.25, 0.3) is 5.91 Å². The first kappa shape index (κ1) is 26.5. The van der Waals surface area contributed by atoms with Gasteiger partial charge < -0.3 is 13.7 Å². The van der Waals surface area contributed by atoms with Gasteiger partial charge in [-0.15, -0.1) is 0 Å². The van der Waals surface area contributed by atoms with Crippen LogP contribution in [0.4, 0.5) is 0 Å². The molecule has 0 aliphatic heterocycles. The van der Waals surface area contributed by atoms with E-state index in [2.05, 4.69) is 10.5 Å². The topological polar surface area (TPSA) is 103 Å². The van der Waals surface area contributed by atoms with E-state index in [1.807, 2.05) is 36.4 Å². The van der Waals surface area contributed by atoms with Crippen molar-refractivity contribution in [2.75, 3.05) is 13.7 Å². The maximum atomic E-state index is 12.8. The Morgan fingerprint density at radius 3 is 2.37 bits per heavy atom. The van der Waals surface area contributed by atoms with Gasteiger partial charge in [-0.05, 0) is 90.9 Å². The van der Waals surface area contributed by atoms with E-state index in [1.54, 1.807) is 49.4 Å². The number of nitrogens with one attached hydrogen (secondary N) is 1. The second-order valence-electron chi connectivity index (χ2n) is 7.52. The van der Waals surface area contributed by atoms with Crippen LogP contribution in [0.25, 0.3) is 0 Å². The van der Waals surface area contributed by atoms with Crippen LogP contribution in [-0.2, 0) is 10.1 Å². The molecule has 3 rings (SSSR count). The van der Waals surface area contributed by atoms with Crippen molar-refractivity contribution in [3.05, 3.63) is 80.4 Å². The Morgan fingerprint density at radius 2 is 1.71 bits per heavy atom. The SMILES string of the molecule is CCOc1cc(/C=N\NC(=O)c2ccc(C)cc2OC)cc(I)c1OS(=O)(=O)c1ccc(C)cc1. The predicted octanol–water partition coefficient (Wildman–Crippen LogP) is 4.85. The summed E-state index contributed by atoms with van der Waals surface area (Å²) in [6.07, 6.45) is 1.43. The smallest absolute Gasteiger partial charge is 0.339 e. The van der Waals surface area contributed by atoms with E-state index in [4.69, 9.17) is 13.7 Å². The monoisotopic (exact) mass is 608 g/mol. The van der Waals surface area contributed by atoms with Crippen LogP contribution < -0.4 is 19.1 Å². The summed E-state index contributed by atoms with van der Waals surface area (Å²) in [5.74, 6) is 0.339. The zero-order valence-electron chi connectivity index (χ0n) is 19.7. The van der Waals surface area contributed by atoms with Gasteiger partial charge in [0.1, 0.15) is 10.6 Å². The van der Waals surface area contributed by atoms with E-state index in [0.29, 0.717) is 27.1 Å². The number of hydrogen-bond acceptors (Lipinski definition) is 7. The molecule has 1 N–H and O–H groups in total. The lowest BCUT2D eigenvalue weighted by atomic mass is 10.1. The van der Waals surface area contributed by atoms with Crippen LogP contribution in [0.1, 0.15) is 34.0 Å². The highest BCUT2D eigenvalue weighted by molar-refractivity contribution is 14.1. The third-order valence-electron chi connectivity index (χ3n) is 4.82. The molecule has 0 saturated carbocycles. The zero-order chi connectivity index (χ0) is 25.6. The molecular weight excluding hydrogens is 583 g/mol. The number of ether oxygens (including phenoxy) is 2. The molecular formula is C25H25IN2O6S. The lowest BCUT2D eigenvalue weighted by Crippen LogP contribution is -2.18. The van der Waals surface area contributed by atoms with Gasteiger partial charge in [0, 0.05) is 0 Å². The Morgan fingerprint density at radius 1 is 1.03 bits per heavy atom. The van der Waals surface area contributed by atoms with Gasteiger partial charge in [-0.3, -0.25) is 4.79 Å². The number of aryl methyl sites for hydroxylation is 2. The number of nitrogens with zero attached hydrogens (tertiary/aromatic N) is 1. The van der Waals surface area contributed by atoms with E-state index in [-0.39, 0.29) is 16.4 Å². The predicted molar refractivity (Wildman–Crippen MR) is 142 cm³/mol. The lowest BCUT2D eigenvalue weighted by Gasteiger charge is -2.14. The molecule has 0 unspecified atom stereocenters. The molecule has 184 valence electrons. The summed E-state index contributed by atoms with van der Waals surface area (Å²) in [5.41, 5.74) is 5.30. The van der Waals surface area contributed by atoms with Gasteiger partial charge >= 0.3 is 10.1 Å². The molecule has 10 heteroatoms. The highest BCUT2D eigenvalue weighted by Gasteiger charge is 2.22. The van der Waals surface area contributed by atoms with Gasteiger partial charge in [0.15, 0.2) is 11.5 Å². The molecule has 0 radical (unpaired) electrons. The minimum Gasteiger partial charge on any atom is -0.496 e. The summed E-state index contributed by atoms with van der Waals surface area (Å²) < 4.78 is 42.4. The van der Waals surface area contributed by atoms with Crippen LogP contribution in [0.5, 0.6) is 17.2 Å². The van der Waals surface area contributed by atoms with E-state index in [1.165, 1.54) is 25.5 Å². The van der Waals surface area contributed by atoms with Crippen LogP contribution in [0.15, 0.2) is 64.6 Å². The summed E-state index contributed by atoms with van der Waals surface area (Å²) in [6.45, 7) is 5.84. The van der Waals surface area contributed by atoms with Crippen molar-refractivity contribution in [3.8, 4) is 17.2 Å². The Hall–Kier alpha value is -3.12. The molecule has 0 aliphatic rings. The molecule has 1 amide bonds. The summed E-state index contributed by atoms with van der Waals surface area (Å²) in [6, 6.07) is 14.9. The third-order valence-corrected chi connectivity index (χ3v) is 6.85. The number of amides is 1. The molecule has 0 heterocycles. The van der Waals surface area contributed by atoms with Crippen molar-refractivity contribution in [2.45, 2.75) is 25.7 Å². The van der Waals surface area contributed by atoms with Gasteiger partial charge in [0.05, 0.1) is 29.1 Å². The highest BCUT2D eigenvalue weighted by Crippen LogP contribution is 2.36. The average molecular weight is 608 g/mol. The van der Waals surface area contributed by atoms with Crippen molar-refractivity contribution in [1.82, 2.24) is 5.43 Å². The highest BCUT2D eigenvalue weighted by atomic mass is 127. The summed E-state index contributed by atoms with van der Waals surface area (Å²) in [4.78, 5) is 12.6. The minimum absolute atomic E-state index is 0.0428. The Bertz CT molecular complexity index is 1360. The van der Waals surface area contributed by atoms with Crippen LogP contribution >= 0.6 is 22.6 Å². The molecule has 35 heavy (non-hydrogen) atoms. The van der Waals surface area contributed by atoms with Crippen LogP contribution in [0.2, 0.25) is 0 Å². The molecule has 0 aromatic heterocycles. The Balaban J connectivity index is 1.83. The fraction of sp³-hybridized carbons (Fsp3) is 0.200. The summed E-state index contributed by atoms with van der Waals surface area (Å²) in [7, 11) is -2.57. The lowest BCUT2D eigenvalue weighted by molar-refractivity contribution is 0.0952. The second kappa shape index (κ2) is 11.5. The minimum atomic E-state index is -4.06. The summed E-state index contributed by atoms with van der Waals surface area (Å²) in [5, 5.41) is 4.02. The first-order valence-electron chi connectivity index (χ1n) is 10.6. The molecule has 3 aromatic rings. The number of methoxy groups -OCH3 is 1. The molecule has 3 aromatic carbocycles. The average Bonchev–Trinajstić information content (AvgIpc) is 2.81. The maximum Gasteiger partial charge on any atom is 0.339 e. The van der Waals surface area contributed by atoms with Crippen molar-refractivity contribution < 1.29 is 26.9 Å². The normalized spacial score (nSPS) is 11.3. The van der Waals surface area contributed by atoms with Gasteiger partial charge in [0.2, 0.25) is 0 Å². The number of benzene rings is 3. The maximum absolute atomic E-state index is 12.8. The summed E-state index contributed by atoms with van der Waals surface area (Å²) >= 11 is 1.97. The van der Waals surface area contributed by atoms with Crippen LogP contribution in [-0.4, -0.2) is 34.3 Å². The largest absolute Gasteiger partial charge is 0.496 e. The number of carbonyl (C=O) groups is 1. The zero-order valence-corrected chi connectivity index (χ0v) is 22.6. The quantitative estimate of drug-likeness (QED) is 0.161. The molecule has 0 saturated heterocycles. The van der Waals surface area contributed by atoms with Crippen molar-refractivity contribution >= 4 is 44.8 Å². The van der Waals surface area contributed by atoms with E-state index in [0.717, 1.165) is 11.1 Å². The van der Waals surface area contributed by atoms with Crippen LogP contribution in [0.3, 0.4) is 0 Å². The first-order valence-corrected chi connectivity index (χ1v) is 13.1. The Labute approximate surface area is 218 Å². The number of rotatable bonds is 9. The standard InChI is InChI=1S/C25H25IN2O6S/c1-5-33-23-14-18(15-27-28-25(29)20-11-8-17(3)12-22(20)32-4)13-21(26)24(23)34-35(30,31)19-9-6-16(2)7-10-19/h6-15H,5H2,1-4H3,(H,28,29)/b27-15-. The van der Waals surface area contributed by atoms with Gasteiger partial charge in [-0.1, -0.05) is 23.8 Å². The van der Waals surface area contributed by atoms with Crippen LogP contribution in [0, 0.1) is 17.4 Å². The van der Waals surface area contributed by atoms with Crippen molar-refractivity contribution in [2.24, 2.45) is 5.10 Å². The van der Waals surface area contributed by atoms with Crippen molar-refractivity contribution in [3.63, 3.8) is 0 Å². The Kier molecular flexibility index (Phi) is 8.73. The van der Waals surface area contributed by atoms with Gasteiger partial charge in [-0.2, -0.15) is 13.5 Å². The second-order valence-corrected chi connectivity index (χ2v) is 10.2. The van der Waals surface area contributed by atoms with E-state index >= 15 is 0 Å². The van der Waals surface area contributed by atoms with E-state index < -0.39 is 16.0 Å². The fourth-order valence-corrected chi connectivity index (χ4v) is 4.92. The molecule has 0 atom stereocenters. The molecule has 0 bridgehead atoms. The fourth-order valence-electron chi connectivity index (χ4n) is 3.08. The number of hydrazone groups is 1. The third kappa shape index (κ3) is 6.73.